The van der Waals surface area contributed by atoms with Crippen molar-refractivity contribution in [3.8, 4) is 0 Å². The Morgan fingerprint density at radius 3 is 3.19 bits per heavy atom. The number of likely N-dealkylation sites (tertiary alicyclic amines) is 1. The Kier molecular flexibility index (Phi) is 4.38. The number of aliphatic hydroxyl groups is 1. The lowest BCUT2D eigenvalue weighted by Gasteiger charge is -2.31. The van der Waals surface area contributed by atoms with E-state index in [0.717, 1.165) is 23.8 Å². The van der Waals surface area contributed by atoms with Crippen LogP contribution in [0.3, 0.4) is 0 Å². The smallest absolute Gasteiger partial charge is 0.0894 e. The van der Waals surface area contributed by atoms with Gasteiger partial charge in [-0.25, -0.2) is 0 Å². The second-order valence-corrected chi connectivity index (χ2v) is 5.85. The number of piperidine rings is 1. The molecule has 90 valence electrons. The maximum Gasteiger partial charge on any atom is 0.0894 e. The van der Waals surface area contributed by atoms with E-state index in [2.05, 4.69) is 11.8 Å². The van der Waals surface area contributed by atoms with Crippen LogP contribution in [0.2, 0.25) is 0 Å². The molecule has 0 aromatic carbocycles. The van der Waals surface area contributed by atoms with E-state index in [1.54, 1.807) is 11.3 Å². The van der Waals surface area contributed by atoms with Crippen LogP contribution in [0.5, 0.6) is 0 Å². The molecule has 0 aliphatic carbocycles. The quantitative estimate of drug-likeness (QED) is 0.873. The molecular weight excluding hydrogens is 218 g/mol. The number of aliphatic hydroxyl groups excluding tert-OH is 1. The molecule has 1 aliphatic rings. The van der Waals surface area contributed by atoms with Crippen LogP contribution in [0.4, 0.5) is 0 Å². The molecule has 2 atom stereocenters. The molecule has 16 heavy (non-hydrogen) atoms. The molecule has 0 bridgehead atoms. The Labute approximate surface area is 102 Å². The van der Waals surface area contributed by atoms with Crippen molar-refractivity contribution in [1.82, 2.24) is 4.90 Å². The highest BCUT2D eigenvalue weighted by atomic mass is 32.1. The van der Waals surface area contributed by atoms with Gasteiger partial charge in [-0.1, -0.05) is 13.0 Å². The third kappa shape index (κ3) is 3.30. The molecule has 0 unspecified atom stereocenters. The van der Waals surface area contributed by atoms with Crippen molar-refractivity contribution in [1.29, 1.82) is 0 Å². The summed E-state index contributed by atoms with van der Waals surface area (Å²) in [7, 11) is 0. The van der Waals surface area contributed by atoms with Gasteiger partial charge in [-0.2, -0.15) is 0 Å². The summed E-state index contributed by atoms with van der Waals surface area (Å²) in [6, 6.07) is 4.03. The lowest BCUT2D eigenvalue weighted by atomic mass is 10.00. The zero-order valence-electron chi connectivity index (χ0n) is 9.93. The summed E-state index contributed by atoms with van der Waals surface area (Å²) in [4.78, 5) is 3.59. The minimum Gasteiger partial charge on any atom is -0.388 e. The molecule has 2 rings (SSSR count). The molecule has 0 spiro atoms. The summed E-state index contributed by atoms with van der Waals surface area (Å²) in [5.41, 5.74) is 0. The molecule has 0 saturated carbocycles. The molecule has 0 radical (unpaired) electrons. The SMILES string of the molecule is C[C@@H]1CCCN(CC[C@@H](O)c2cccs2)C1. The Morgan fingerprint density at radius 2 is 2.50 bits per heavy atom. The molecule has 1 aromatic heterocycles. The van der Waals surface area contributed by atoms with Gasteiger partial charge in [0.15, 0.2) is 0 Å². The predicted octanol–water partition coefficient (Wildman–Crippen LogP) is 2.90. The molecular formula is C13H21NOS. The molecule has 1 saturated heterocycles. The van der Waals surface area contributed by atoms with Crippen LogP contribution in [0.1, 0.15) is 37.2 Å². The number of rotatable bonds is 4. The molecule has 1 fully saturated rings. The van der Waals surface area contributed by atoms with Crippen molar-refractivity contribution in [3.63, 3.8) is 0 Å². The molecule has 1 aliphatic heterocycles. The minimum absolute atomic E-state index is 0.266. The summed E-state index contributed by atoms with van der Waals surface area (Å²) in [6.45, 7) is 5.77. The highest BCUT2D eigenvalue weighted by molar-refractivity contribution is 7.10. The van der Waals surface area contributed by atoms with E-state index in [9.17, 15) is 5.11 Å². The van der Waals surface area contributed by atoms with E-state index in [4.69, 9.17) is 0 Å². The second kappa shape index (κ2) is 5.80. The fourth-order valence-corrected chi connectivity index (χ4v) is 3.16. The topological polar surface area (TPSA) is 23.5 Å². The van der Waals surface area contributed by atoms with Gasteiger partial charge in [-0.05, 0) is 43.2 Å². The maximum atomic E-state index is 9.99. The first-order valence-corrected chi connectivity index (χ1v) is 7.07. The minimum atomic E-state index is -0.266. The van der Waals surface area contributed by atoms with Crippen LogP contribution >= 0.6 is 11.3 Å². The van der Waals surface area contributed by atoms with Gasteiger partial charge in [0.05, 0.1) is 6.10 Å². The molecule has 1 aromatic rings. The standard InChI is InChI=1S/C13H21NOS/c1-11-4-2-7-14(10-11)8-6-12(15)13-5-3-9-16-13/h3,5,9,11-12,15H,2,4,6-8,10H2,1H3/t11-,12-/m1/s1. The Balaban J connectivity index is 1.74. The van der Waals surface area contributed by atoms with E-state index in [-0.39, 0.29) is 6.10 Å². The predicted molar refractivity (Wildman–Crippen MR) is 68.7 cm³/mol. The summed E-state index contributed by atoms with van der Waals surface area (Å²) in [5, 5.41) is 12.0. The van der Waals surface area contributed by atoms with Gasteiger partial charge < -0.3 is 10.0 Å². The fraction of sp³-hybridized carbons (Fsp3) is 0.692. The average molecular weight is 239 g/mol. The van der Waals surface area contributed by atoms with Gasteiger partial charge in [0.1, 0.15) is 0 Å². The molecule has 0 amide bonds. The van der Waals surface area contributed by atoms with E-state index in [0.29, 0.717) is 0 Å². The van der Waals surface area contributed by atoms with Gasteiger partial charge in [0.2, 0.25) is 0 Å². The van der Waals surface area contributed by atoms with Gasteiger partial charge in [-0.3, -0.25) is 0 Å². The molecule has 3 heteroatoms. The highest BCUT2D eigenvalue weighted by Crippen LogP contribution is 2.23. The molecule has 1 N–H and O–H groups in total. The normalized spacial score (nSPS) is 24.5. The Bertz CT molecular complexity index is 299. The Hall–Kier alpha value is -0.380. The zero-order valence-corrected chi connectivity index (χ0v) is 10.7. The van der Waals surface area contributed by atoms with Crippen molar-refractivity contribution >= 4 is 11.3 Å². The number of hydrogen-bond acceptors (Lipinski definition) is 3. The van der Waals surface area contributed by atoms with Gasteiger partial charge in [0, 0.05) is 18.0 Å². The zero-order chi connectivity index (χ0) is 11.4. The van der Waals surface area contributed by atoms with Crippen molar-refractivity contribution < 1.29 is 5.11 Å². The van der Waals surface area contributed by atoms with Gasteiger partial charge in [0.25, 0.3) is 0 Å². The monoisotopic (exact) mass is 239 g/mol. The number of hydrogen-bond donors (Lipinski definition) is 1. The van der Waals surface area contributed by atoms with Crippen LogP contribution in [0.15, 0.2) is 17.5 Å². The number of thiophene rings is 1. The maximum absolute atomic E-state index is 9.99. The molecule has 2 nitrogen and oxygen atoms in total. The van der Waals surface area contributed by atoms with Gasteiger partial charge in [-0.15, -0.1) is 11.3 Å². The Morgan fingerprint density at radius 1 is 1.62 bits per heavy atom. The van der Waals surface area contributed by atoms with E-state index in [1.807, 2.05) is 17.5 Å². The summed E-state index contributed by atoms with van der Waals surface area (Å²) in [6.07, 6.45) is 3.28. The van der Waals surface area contributed by atoms with Crippen LogP contribution in [-0.4, -0.2) is 29.6 Å². The first-order valence-electron chi connectivity index (χ1n) is 6.19. The fourth-order valence-electron chi connectivity index (χ4n) is 2.42. The van der Waals surface area contributed by atoms with Gasteiger partial charge >= 0.3 is 0 Å². The highest BCUT2D eigenvalue weighted by Gasteiger charge is 2.17. The van der Waals surface area contributed by atoms with E-state index >= 15 is 0 Å². The van der Waals surface area contributed by atoms with Crippen LogP contribution in [0, 0.1) is 5.92 Å². The first-order chi connectivity index (χ1) is 7.75. The van der Waals surface area contributed by atoms with Crippen molar-refractivity contribution in [2.75, 3.05) is 19.6 Å². The summed E-state index contributed by atoms with van der Waals surface area (Å²) >= 11 is 1.65. The third-order valence-electron chi connectivity index (χ3n) is 3.33. The average Bonchev–Trinajstić information content (AvgIpc) is 2.79. The lowest BCUT2D eigenvalue weighted by Crippen LogP contribution is -2.35. The number of nitrogens with zero attached hydrogens (tertiary/aromatic N) is 1. The largest absolute Gasteiger partial charge is 0.388 e. The van der Waals surface area contributed by atoms with Crippen molar-refractivity contribution in [2.45, 2.75) is 32.3 Å². The molecule has 2 heterocycles. The van der Waals surface area contributed by atoms with Crippen molar-refractivity contribution in [2.24, 2.45) is 5.92 Å². The second-order valence-electron chi connectivity index (χ2n) is 4.87. The van der Waals surface area contributed by atoms with Crippen LogP contribution < -0.4 is 0 Å². The summed E-state index contributed by atoms with van der Waals surface area (Å²) < 4.78 is 0. The lowest BCUT2D eigenvalue weighted by molar-refractivity contribution is 0.124. The van der Waals surface area contributed by atoms with Crippen molar-refractivity contribution in [3.05, 3.63) is 22.4 Å². The first kappa shape index (κ1) is 12.1. The summed E-state index contributed by atoms with van der Waals surface area (Å²) in [5.74, 6) is 0.827. The van der Waals surface area contributed by atoms with E-state index in [1.165, 1.54) is 25.9 Å². The van der Waals surface area contributed by atoms with Crippen LogP contribution in [-0.2, 0) is 0 Å². The third-order valence-corrected chi connectivity index (χ3v) is 4.31. The van der Waals surface area contributed by atoms with E-state index < -0.39 is 0 Å². The van der Waals surface area contributed by atoms with Crippen LogP contribution in [0.25, 0.3) is 0 Å².